The number of carbonyl (C=O) groups excluding carboxylic acids is 2. The van der Waals surface area contributed by atoms with Crippen molar-refractivity contribution in [1.82, 2.24) is 5.32 Å². The molecule has 2 rings (SSSR count). The molecule has 0 spiro atoms. The van der Waals surface area contributed by atoms with Crippen LogP contribution in [0, 0.1) is 5.82 Å². The normalized spacial score (nSPS) is 10.4. The van der Waals surface area contributed by atoms with E-state index in [-0.39, 0.29) is 17.6 Å². The lowest BCUT2D eigenvalue weighted by Gasteiger charge is -2.23. The van der Waals surface area contributed by atoms with Gasteiger partial charge in [-0.25, -0.2) is 4.39 Å². The number of unbranched alkanes of at least 4 members (excludes halogenated alkanes) is 1. The molecule has 0 saturated heterocycles. The molecule has 0 aliphatic carbocycles. The molecule has 0 aromatic heterocycles. The summed E-state index contributed by atoms with van der Waals surface area (Å²) in [5.41, 5.74) is 1.21. The first-order chi connectivity index (χ1) is 12.6. The Morgan fingerprint density at radius 1 is 1.00 bits per heavy atom. The Morgan fingerprint density at radius 2 is 1.69 bits per heavy atom. The molecule has 4 nitrogen and oxygen atoms in total. The van der Waals surface area contributed by atoms with Crippen LogP contribution in [0.2, 0.25) is 0 Å². The van der Waals surface area contributed by atoms with Crippen LogP contribution >= 0.6 is 0 Å². The van der Waals surface area contributed by atoms with Crippen molar-refractivity contribution in [2.24, 2.45) is 0 Å². The molecule has 2 aromatic carbocycles. The van der Waals surface area contributed by atoms with E-state index in [1.54, 1.807) is 4.90 Å². The van der Waals surface area contributed by atoms with E-state index in [0.29, 0.717) is 31.5 Å². The van der Waals surface area contributed by atoms with E-state index in [1.807, 2.05) is 37.3 Å². The molecule has 0 fully saturated rings. The van der Waals surface area contributed by atoms with Crippen molar-refractivity contribution in [3.8, 4) is 0 Å². The molecule has 26 heavy (non-hydrogen) atoms. The quantitative estimate of drug-likeness (QED) is 0.686. The number of halogens is 1. The summed E-state index contributed by atoms with van der Waals surface area (Å²) in [7, 11) is 0. The molecule has 0 radical (unpaired) electrons. The van der Waals surface area contributed by atoms with Crippen molar-refractivity contribution in [3.63, 3.8) is 0 Å². The molecule has 0 unspecified atom stereocenters. The van der Waals surface area contributed by atoms with Gasteiger partial charge in [0.25, 0.3) is 5.91 Å². The molecule has 2 amide bonds. The number of carbonyl (C=O) groups is 2. The second-order valence-electron chi connectivity index (χ2n) is 6.11. The fourth-order valence-electron chi connectivity index (χ4n) is 2.59. The Bertz CT molecular complexity index is 702. The van der Waals surface area contributed by atoms with Crippen LogP contribution < -0.4 is 10.2 Å². The number of nitrogens with zero attached hydrogens (tertiary/aromatic N) is 1. The lowest BCUT2D eigenvalue weighted by Crippen LogP contribution is -2.34. The average Bonchev–Trinajstić information content (AvgIpc) is 2.67. The molecule has 0 atom stereocenters. The van der Waals surface area contributed by atoms with Crippen LogP contribution in [0.25, 0.3) is 0 Å². The molecule has 0 aliphatic heterocycles. The maximum Gasteiger partial charge on any atom is 0.258 e. The highest BCUT2D eigenvalue weighted by Gasteiger charge is 2.17. The first-order valence-corrected chi connectivity index (χ1v) is 9.01. The van der Waals surface area contributed by atoms with Gasteiger partial charge in [-0.3, -0.25) is 9.59 Å². The van der Waals surface area contributed by atoms with Crippen LogP contribution in [0.1, 0.15) is 43.0 Å². The summed E-state index contributed by atoms with van der Waals surface area (Å²) in [5, 5.41) is 2.88. The molecule has 0 bridgehead atoms. The van der Waals surface area contributed by atoms with E-state index in [9.17, 15) is 14.0 Å². The summed E-state index contributed by atoms with van der Waals surface area (Å²) in [4.78, 5) is 26.2. The highest BCUT2D eigenvalue weighted by Crippen LogP contribution is 2.17. The van der Waals surface area contributed by atoms with Gasteiger partial charge in [0.05, 0.1) is 0 Å². The third kappa shape index (κ3) is 5.99. The minimum absolute atomic E-state index is 0.0444. The van der Waals surface area contributed by atoms with Gasteiger partial charge in [-0.2, -0.15) is 0 Å². The minimum atomic E-state index is -0.373. The Hall–Kier alpha value is -2.69. The molecular weight excluding hydrogens is 331 g/mol. The lowest BCUT2D eigenvalue weighted by molar-refractivity contribution is -0.121. The van der Waals surface area contributed by atoms with Gasteiger partial charge in [-0.1, -0.05) is 31.5 Å². The van der Waals surface area contributed by atoms with Crippen LogP contribution in [-0.4, -0.2) is 24.9 Å². The predicted octanol–water partition coefficient (Wildman–Crippen LogP) is 4.17. The van der Waals surface area contributed by atoms with Crippen molar-refractivity contribution in [1.29, 1.82) is 0 Å². The third-order valence-electron chi connectivity index (χ3n) is 4.04. The molecule has 0 heterocycles. The number of anilines is 1. The molecule has 2 aromatic rings. The first kappa shape index (κ1) is 19.6. The van der Waals surface area contributed by atoms with E-state index in [4.69, 9.17) is 0 Å². The second-order valence-corrected chi connectivity index (χ2v) is 6.11. The molecule has 0 saturated carbocycles. The highest BCUT2D eigenvalue weighted by atomic mass is 19.1. The van der Waals surface area contributed by atoms with E-state index in [0.717, 1.165) is 18.5 Å². The van der Waals surface area contributed by atoms with Crippen molar-refractivity contribution in [2.45, 2.75) is 32.6 Å². The third-order valence-corrected chi connectivity index (χ3v) is 4.04. The first-order valence-electron chi connectivity index (χ1n) is 9.01. The Labute approximate surface area is 154 Å². The molecule has 0 aliphatic rings. The molecule has 138 valence electrons. The number of benzene rings is 2. The number of rotatable bonds is 9. The van der Waals surface area contributed by atoms with Gasteiger partial charge in [0, 0.05) is 30.8 Å². The van der Waals surface area contributed by atoms with Crippen LogP contribution in [0.3, 0.4) is 0 Å². The fourth-order valence-corrected chi connectivity index (χ4v) is 2.59. The van der Waals surface area contributed by atoms with E-state index >= 15 is 0 Å². The smallest absolute Gasteiger partial charge is 0.258 e. The number of nitrogens with one attached hydrogen (secondary N) is 1. The summed E-state index contributed by atoms with van der Waals surface area (Å²) in [6.45, 7) is 3.03. The largest absolute Gasteiger partial charge is 0.356 e. The number of para-hydroxylation sites is 1. The summed E-state index contributed by atoms with van der Waals surface area (Å²) in [6.07, 6.45) is 3.04. The van der Waals surface area contributed by atoms with Crippen LogP contribution in [0.4, 0.5) is 10.1 Å². The van der Waals surface area contributed by atoms with Crippen molar-refractivity contribution in [3.05, 3.63) is 66.0 Å². The topological polar surface area (TPSA) is 49.4 Å². The summed E-state index contributed by atoms with van der Waals surface area (Å²) in [5.74, 6) is -0.515. The highest BCUT2D eigenvalue weighted by molar-refractivity contribution is 6.06. The maximum atomic E-state index is 13.1. The van der Waals surface area contributed by atoms with Gasteiger partial charge in [0.15, 0.2) is 0 Å². The summed E-state index contributed by atoms with van der Waals surface area (Å²) < 4.78 is 13.1. The standard InChI is InChI=1S/C21H25FN2O2/c1-2-3-10-20(25)23-15-7-16-24(19-8-5-4-6-9-19)21(26)17-11-13-18(22)14-12-17/h4-6,8-9,11-14H,2-3,7,10,15-16H2,1H3,(H,23,25). The monoisotopic (exact) mass is 356 g/mol. The van der Waals surface area contributed by atoms with Gasteiger partial charge in [0.1, 0.15) is 5.82 Å². The number of hydrogen-bond acceptors (Lipinski definition) is 2. The van der Waals surface area contributed by atoms with Gasteiger partial charge in [0.2, 0.25) is 5.91 Å². The van der Waals surface area contributed by atoms with Gasteiger partial charge in [-0.15, -0.1) is 0 Å². The number of amides is 2. The summed E-state index contributed by atoms with van der Waals surface area (Å²) in [6, 6.07) is 14.9. The van der Waals surface area contributed by atoms with Crippen LogP contribution in [0.15, 0.2) is 54.6 Å². The van der Waals surface area contributed by atoms with Crippen LogP contribution in [-0.2, 0) is 4.79 Å². The van der Waals surface area contributed by atoms with Gasteiger partial charge in [-0.05, 0) is 49.2 Å². The predicted molar refractivity (Wildman–Crippen MR) is 102 cm³/mol. The molecule has 1 N–H and O–H groups in total. The lowest BCUT2D eigenvalue weighted by atomic mass is 10.1. The van der Waals surface area contributed by atoms with Crippen molar-refractivity contribution >= 4 is 17.5 Å². The molecule has 5 heteroatoms. The fraction of sp³-hybridized carbons (Fsp3) is 0.333. The zero-order valence-corrected chi connectivity index (χ0v) is 15.1. The van der Waals surface area contributed by atoms with Crippen molar-refractivity contribution in [2.75, 3.05) is 18.0 Å². The van der Waals surface area contributed by atoms with Crippen LogP contribution in [0.5, 0.6) is 0 Å². The summed E-state index contributed by atoms with van der Waals surface area (Å²) >= 11 is 0. The number of hydrogen-bond donors (Lipinski definition) is 1. The van der Waals surface area contributed by atoms with Crippen molar-refractivity contribution < 1.29 is 14.0 Å². The van der Waals surface area contributed by atoms with E-state index < -0.39 is 0 Å². The zero-order chi connectivity index (χ0) is 18.8. The average molecular weight is 356 g/mol. The Morgan fingerprint density at radius 3 is 2.35 bits per heavy atom. The maximum absolute atomic E-state index is 13.1. The van der Waals surface area contributed by atoms with Gasteiger partial charge < -0.3 is 10.2 Å². The second kappa shape index (κ2) is 10.3. The van der Waals surface area contributed by atoms with E-state index in [2.05, 4.69) is 5.32 Å². The Balaban J connectivity index is 2.00. The van der Waals surface area contributed by atoms with Gasteiger partial charge >= 0.3 is 0 Å². The Kier molecular flexibility index (Phi) is 7.80. The molecular formula is C21H25FN2O2. The minimum Gasteiger partial charge on any atom is -0.356 e. The van der Waals surface area contributed by atoms with E-state index in [1.165, 1.54) is 24.3 Å². The SMILES string of the molecule is CCCCC(=O)NCCCN(C(=O)c1ccc(F)cc1)c1ccccc1. The zero-order valence-electron chi connectivity index (χ0n) is 15.1.